The lowest BCUT2D eigenvalue weighted by molar-refractivity contribution is 0.0953. The van der Waals surface area contributed by atoms with Crippen LogP contribution in [0.25, 0.3) is 0 Å². The number of carbonyl (C=O) groups excluding carboxylic acids is 1. The summed E-state index contributed by atoms with van der Waals surface area (Å²) in [6.45, 7) is 2.43. The highest BCUT2D eigenvalue weighted by Crippen LogP contribution is 2.12. The van der Waals surface area contributed by atoms with Crippen LogP contribution in [-0.4, -0.2) is 22.4 Å². The largest absolute Gasteiger partial charge is 0.399 e. The topological polar surface area (TPSA) is 83.8 Å². The van der Waals surface area contributed by atoms with Crippen LogP contribution in [-0.2, 0) is 6.42 Å². The molecule has 5 heteroatoms. The van der Waals surface area contributed by atoms with Gasteiger partial charge in [-0.05, 0) is 24.6 Å². The molecule has 2 aromatic rings. The Morgan fingerprint density at radius 2 is 2.33 bits per heavy atom. The molecule has 5 nitrogen and oxygen atoms in total. The predicted octanol–water partition coefficient (Wildman–Crippen LogP) is 1.27. The summed E-state index contributed by atoms with van der Waals surface area (Å²) in [7, 11) is 0. The van der Waals surface area contributed by atoms with Crippen molar-refractivity contribution in [2.24, 2.45) is 0 Å². The third kappa shape index (κ3) is 2.88. The first-order valence-corrected chi connectivity index (χ1v) is 5.79. The molecule has 1 aromatic heterocycles. The zero-order valence-electron chi connectivity index (χ0n) is 10.2. The number of nitrogens with zero attached hydrogens (tertiary/aromatic N) is 1. The van der Waals surface area contributed by atoms with Gasteiger partial charge in [-0.15, -0.1) is 0 Å². The van der Waals surface area contributed by atoms with Gasteiger partial charge >= 0.3 is 0 Å². The SMILES string of the molecule is Cc1ccc(N)cc1C(=O)NCCc1ncc[nH]1. The highest BCUT2D eigenvalue weighted by Gasteiger charge is 2.08. The zero-order valence-corrected chi connectivity index (χ0v) is 10.2. The summed E-state index contributed by atoms with van der Waals surface area (Å²) in [6, 6.07) is 5.32. The van der Waals surface area contributed by atoms with Crippen molar-refractivity contribution in [2.45, 2.75) is 13.3 Å². The average Bonchev–Trinajstić information content (AvgIpc) is 2.85. The van der Waals surface area contributed by atoms with E-state index < -0.39 is 0 Å². The smallest absolute Gasteiger partial charge is 0.251 e. The van der Waals surface area contributed by atoms with Gasteiger partial charge in [0, 0.05) is 36.6 Å². The first-order valence-electron chi connectivity index (χ1n) is 5.79. The molecule has 4 N–H and O–H groups in total. The number of hydrogen-bond acceptors (Lipinski definition) is 3. The van der Waals surface area contributed by atoms with E-state index in [1.165, 1.54) is 0 Å². The van der Waals surface area contributed by atoms with Crippen molar-refractivity contribution in [3.8, 4) is 0 Å². The van der Waals surface area contributed by atoms with Crippen LogP contribution >= 0.6 is 0 Å². The van der Waals surface area contributed by atoms with E-state index in [-0.39, 0.29) is 5.91 Å². The van der Waals surface area contributed by atoms with Crippen LogP contribution < -0.4 is 11.1 Å². The van der Waals surface area contributed by atoms with Gasteiger partial charge in [0.1, 0.15) is 5.82 Å². The molecule has 0 aliphatic rings. The van der Waals surface area contributed by atoms with Crippen molar-refractivity contribution in [3.63, 3.8) is 0 Å². The van der Waals surface area contributed by atoms with Gasteiger partial charge in [0.2, 0.25) is 0 Å². The number of hydrogen-bond donors (Lipinski definition) is 3. The number of nitrogen functional groups attached to an aromatic ring is 1. The van der Waals surface area contributed by atoms with Crippen molar-refractivity contribution < 1.29 is 4.79 Å². The fraction of sp³-hybridized carbons (Fsp3) is 0.231. The molecule has 94 valence electrons. The standard InChI is InChI=1S/C13H16N4O/c1-9-2-3-10(14)8-11(9)13(18)17-5-4-12-15-6-7-16-12/h2-3,6-8H,4-5,14H2,1H3,(H,15,16)(H,17,18). The maximum atomic E-state index is 11.9. The first kappa shape index (κ1) is 12.2. The van der Waals surface area contributed by atoms with Crippen LogP contribution in [0.1, 0.15) is 21.7 Å². The summed E-state index contributed by atoms with van der Waals surface area (Å²) >= 11 is 0. The Morgan fingerprint density at radius 1 is 1.50 bits per heavy atom. The molecule has 0 fully saturated rings. The molecule has 0 atom stereocenters. The van der Waals surface area contributed by atoms with Crippen molar-refractivity contribution in [2.75, 3.05) is 12.3 Å². The maximum absolute atomic E-state index is 11.9. The number of nitrogens with two attached hydrogens (primary N) is 1. The van der Waals surface area contributed by atoms with Crippen LogP contribution in [0.3, 0.4) is 0 Å². The van der Waals surface area contributed by atoms with Gasteiger partial charge in [0.05, 0.1) is 0 Å². The van der Waals surface area contributed by atoms with E-state index in [0.717, 1.165) is 11.4 Å². The Labute approximate surface area is 105 Å². The third-order valence-electron chi connectivity index (χ3n) is 2.71. The normalized spacial score (nSPS) is 10.3. The van der Waals surface area contributed by atoms with Gasteiger partial charge in [-0.3, -0.25) is 4.79 Å². The van der Waals surface area contributed by atoms with Gasteiger partial charge in [-0.25, -0.2) is 4.98 Å². The summed E-state index contributed by atoms with van der Waals surface area (Å²) < 4.78 is 0. The van der Waals surface area contributed by atoms with Crippen molar-refractivity contribution in [3.05, 3.63) is 47.5 Å². The number of carbonyl (C=O) groups is 1. The van der Waals surface area contributed by atoms with Crippen LogP contribution in [0.15, 0.2) is 30.6 Å². The Balaban J connectivity index is 1.93. The second-order valence-corrected chi connectivity index (χ2v) is 4.12. The lowest BCUT2D eigenvalue weighted by Crippen LogP contribution is -2.26. The van der Waals surface area contributed by atoms with Crippen LogP contribution in [0.2, 0.25) is 0 Å². The summed E-state index contributed by atoms with van der Waals surface area (Å²) in [4.78, 5) is 19.0. The number of aromatic amines is 1. The van der Waals surface area contributed by atoms with Crippen molar-refractivity contribution >= 4 is 11.6 Å². The number of aromatic nitrogens is 2. The summed E-state index contributed by atoms with van der Waals surface area (Å²) in [5, 5.41) is 2.85. The number of benzene rings is 1. The summed E-state index contributed by atoms with van der Waals surface area (Å²) in [5.74, 6) is 0.756. The number of rotatable bonds is 4. The Bertz CT molecular complexity index is 534. The lowest BCUT2D eigenvalue weighted by Gasteiger charge is -2.07. The zero-order chi connectivity index (χ0) is 13.0. The molecule has 0 spiro atoms. The van der Waals surface area contributed by atoms with E-state index in [1.54, 1.807) is 24.5 Å². The number of anilines is 1. The molecule has 2 rings (SSSR count). The molecular weight excluding hydrogens is 228 g/mol. The number of nitrogens with one attached hydrogen (secondary N) is 2. The molecule has 0 radical (unpaired) electrons. The van der Waals surface area contributed by atoms with Crippen molar-refractivity contribution in [1.82, 2.24) is 15.3 Å². The van der Waals surface area contributed by atoms with Gasteiger partial charge in [-0.2, -0.15) is 0 Å². The molecule has 0 aliphatic heterocycles. The fourth-order valence-corrected chi connectivity index (χ4v) is 1.71. The second-order valence-electron chi connectivity index (χ2n) is 4.12. The van der Waals surface area contributed by atoms with Gasteiger partial charge in [-0.1, -0.05) is 6.07 Å². The monoisotopic (exact) mass is 244 g/mol. The number of amides is 1. The fourth-order valence-electron chi connectivity index (χ4n) is 1.71. The first-order chi connectivity index (χ1) is 8.66. The molecule has 1 heterocycles. The van der Waals surface area contributed by atoms with Gasteiger partial charge in [0.25, 0.3) is 5.91 Å². The Kier molecular flexibility index (Phi) is 3.62. The van der Waals surface area contributed by atoms with Gasteiger partial charge < -0.3 is 16.0 Å². The number of H-pyrrole nitrogens is 1. The molecule has 0 bridgehead atoms. The lowest BCUT2D eigenvalue weighted by atomic mass is 10.1. The average molecular weight is 244 g/mol. The van der Waals surface area contributed by atoms with E-state index >= 15 is 0 Å². The molecular formula is C13H16N4O. The maximum Gasteiger partial charge on any atom is 0.251 e. The van der Waals surface area contributed by atoms with Crippen molar-refractivity contribution in [1.29, 1.82) is 0 Å². The van der Waals surface area contributed by atoms with E-state index in [0.29, 0.717) is 24.2 Å². The summed E-state index contributed by atoms with van der Waals surface area (Å²) in [5.41, 5.74) is 7.81. The Morgan fingerprint density at radius 3 is 3.06 bits per heavy atom. The third-order valence-corrected chi connectivity index (χ3v) is 2.71. The quantitative estimate of drug-likeness (QED) is 0.708. The minimum absolute atomic E-state index is 0.105. The molecule has 0 saturated heterocycles. The Hall–Kier alpha value is -2.30. The minimum Gasteiger partial charge on any atom is -0.399 e. The minimum atomic E-state index is -0.105. The van der Waals surface area contributed by atoms with Gasteiger partial charge in [0.15, 0.2) is 0 Å². The highest BCUT2D eigenvalue weighted by molar-refractivity contribution is 5.96. The van der Waals surface area contributed by atoms with E-state index in [9.17, 15) is 4.79 Å². The molecule has 18 heavy (non-hydrogen) atoms. The second kappa shape index (κ2) is 5.35. The van der Waals surface area contributed by atoms with E-state index in [1.807, 2.05) is 13.0 Å². The number of aryl methyl sites for hydroxylation is 1. The van der Waals surface area contributed by atoms with Crippen LogP contribution in [0.5, 0.6) is 0 Å². The number of imidazole rings is 1. The van der Waals surface area contributed by atoms with Crippen LogP contribution in [0, 0.1) is 6.92 Å². The van der Waals surface area contributed by atoms with E-state index in [4.69, 9.17) is 5.73 Å². The molecule has 0 saturated carbocycles. The molecule has 0 aliphatic carbocycles. The van der Waals surface area contributed by atoms with Crippen LogP contribution in [0.4, 0.5) is 5.69 Å². The molecule has 0 unspecified atom stereocenters. The molecule has 1 aromatic carbocycles. The molecule has 1 amide bonds. The highest BCUT2D eigenvalue weighted by atomic mass is 16.1. The predicted molar refractivity (Wildman–Crippen MR) is 70.2 cm³/mol. The summed E-state index contributed by atoms with van der Waals surface area (Å²) in [6.07, 6.45) is 4.14. The van der Waals surface area contributed by atoms with E-state index in [2.05, 4.69) is 15.3 Å².